The number of hydrogen-bond donors (Lipinski definition) is 0. The van der Waals surface area contributed by atoms with E-state index in [1.807, 2.05) is 6.07 Å². The Hall–Kier alpha value is -0.830. The highest BCUT2D eigenvalue weighted by Crippen LogP contribution is 2.24. The second-order valence-electron chi connectivity index (χ2n) is 2.83. The van der Waals surface area contributed by atoms with E-state index in [-0.39, 0.29) is 0 Å². The number of likely N-dealkylation sites (tertiary alicyclic amines) is 1. The van der Waals surface area contributed by atoms with Crippen LogP contribution in [0.4, 0.5) is 0 Å². The van der Waals surface area contributed by atoms with Crippen molar-refractivity contribution in [1.29, 1.82) is 0 Å². The van der Waals surface area contributed by atoms with Crippen LogP contribution in [-0.4, -0.2) is 30.2 Å². The molecule has 0 unspecified atom stereocenters. The average molecular weight is 138 g/mol. The van der Waals surface area contributed by atoms with Crippen LogP contribution < -0.4 is 0 Å². The van der Waals surface area contributed by atoms with E-state index in [1.54, 1.807) is 6.20 Å². The largest absolute Gasteiger partial charge is 0.361 e. The zero-order chi connectivity index (χ0) is 6.97. The van der Waals surface area contributed by atoms with Crippen molar-refractivity contribution in [3.05, 3.63) is 18.0 Å². The van der Waals surface area contributed by atoms with Crippen LogP contribution in [0.2, 0.25) is 0 Å². The van der Waals surface area contributed by atoms with Crippen molar-refractivity contribution < 1.29 is 4.52 Å². The van der Waals surface area contributed by atoms with Crippen molar-refractivity contribution in [3.8, 4) is 0 Å². The van der Waals surface area contributed by atoms with Crippen molar-refractivity contribution >= 4 is 0 Å². The molecular formula is C7H10N2O. The molecular weight excluding hydrogens is 128 g/mol. The minimum atomic E-state index is 0.590. The second kappa shape index (κ2) is 2.09. The smallest absolute Gasteiger partial charge is 0.142 e. The van der Waals surface area contributed by atoms with Crippen LogP contribution in [0.3, 0.4) is 0 Å². The summed E-state index contributed by atoms with van der Waals surface area (Å²) in [4.78, 5) is 2.26. The van der Waals surface area contributed by atoms with Crippen LogP contribution in [0.1, 0.15) is 11.7 Å². The van der Waals surface area contributed by atoms with Gasteiger partial charge in [0.1, 0.15) is 5.76 Å². The molecule has 1 aliphatic heterocycles. The molecule has 0 atom stereocenters. The van der Waals surface area contributed by atoms with Crippen LogP contribution in [0.25, 0.3) is 0 Å². The molecule has 0 saturated carbocycles. The zero-order valence-corrected chi connectivity index (χ0v) is 5.95. The van der Waals surface area contributed by atoms with E-state index < -0.39 is 0 Å². The molecule has 0 aromatic carbocycles. The van der Waals surface area contributed by atoms with Gasteiger partial charge in [-0.1, -0.05) is 5.16 Å². The van der Waals surface area contributed by atoms with Crippen molar-refractivity contribution in [2.75, 3.05) is 20.1 Å². The number of aromatic nitrogens is 1. The normalized spacial score (nSPS) is 20.9. The van der Waals surface area contributed by atoms with E-state index in [9.17, 15) is 0 Å². The first kappa shape index (κ1) is 5.92. The van der Waals surface area contributed by atoms with Crippen molar-refractivity contribution in [2.24, 2.45) is 0 Å². The molecule has 1 fully saturated rings. The number of likely N-dealkylation sites (N-methyl/N-ethyl adjacent to an activating group) is 1. The van der Waals surface area contributed by atoms with Gasteiger partial charge in [0.25, 0.3) is 0 Å². The second-order valence-corrected chi connectivity index (χ2v) is 2.83. The van der Waals surface area contributed by atoms with Crippen LogP contribution in [0, 0.1) is 0 Å². The lowest BCUT2D eigenvalue weighted by atomic mass is 9.99. The third kappa shape index (κ3) is 0.827. The molecule has 1 aliphatic rings. The van der Waals surface area contributed by atoms with Crippen molar-refractivity contribution in [1.82, 2.24) is 10.1 Å². The minimum Gasteiger partial charge on any atom is -0.361 e. The summed E-state index contributed by atoms with van der Waals surface area (Å²) >= 11 is 0. The molecule has 0 bridgehead atoms. The fourth-order valence-electron chi connectivity index (χ4n) is 1.32. The Morgan fingerprint density at radius 2 is 2.50 bits per heavy atom. The van der Waals surface area contributed by atoms with E-state index in [4.69, 9.17) is 4.52 Å². The average Bonchev–Trinajstić information content (AvgIpc) is 2.31. The quantitative estimate of drug-likeness (QED) is 0.572. The standard InChI is InChI=1S/C7H10N2O/c1-9-4-6(5-9)7-2-3-8-10-7/h2-3,6H,4-5H2,1H3. The molecule has 0 amide bonds. The van der Waals surface area contributed by atoms with Gasteiger partial charge in [-0.05, 0) is 7.05 Å². The first-order valence-corrected chi connectivity index (χ1v) is 3.45. The summed E-state index contributed by atoms with van der Waals surface area (Å²) in [7, 11) is 2.10. The lowest BCUT2D eigenvalue weighted by molar-refractivity contribution is 0.163. The fraction of sp³-hybridized carbons (Fsp3) is 0.571. The maximum Gasteiger partial charge on any atom is 0.142 e. The molecule has 0 aliphatic carbocycles. The zero-order valence-electron chi connectivity index (χ0n) is 5.95. The van der Waals surface area contributed by atoms with E-state index in [1.165, 1.54) is 0 Å². The van der Waals surface area contributed by atoms with Gasteiger partial charge in [-0.2, -0.15) is 0 Å². The Balaban J connectivity index is 2.04. The summed E-state index contributed by atoms with van der Waals surface area (Å²) in [6.07, 6.45) is 1.70. The molecule has 0 N–H and O–H groups in total. The maximum absolute atomic E-state index is 5.01. The molecule has 0 spiro atoms. The van der Waals surface area contributed by atoms with Crippen molar-refractivity contribution in [2.45, 2.75) is 5.92 Å². The summed E-state index contributed by atoms with van der Waals surface area (Å²) in [5.74, 6) is 1.62. The first-order valence-electron chi connectivity index (χ1n) is 3.45. The van der Waals surface area contributed by atoms with Crippen LogP contribution >= 0.6 is 0 Å². The topological polar surface area (TPSA) is 29.3 Å². The number of rotatable bonds is 1. The van der Waals surface area contributed by atoms with Gasteiger partial charge in [0.15, 0.2) is 0 Å². The van der Waals surface area contributed by atoms with E-state index in [2.05, 4.69) is 17.1 Å². The lowest BCUT2D eigenvalue weighted by Crippen LogP contribution is -2.41. The van der Waals surface area contributed by atoms with Crippen LogP contribution in [-0.2, 0) is 0 Å². The predicted octanol–water partition coefficient (Wildman–Crippen LogP) is 0.704. The molecule has 54 valence electrons. The highest BCUT2D eigenvalue weighted by atomic mass is 16.5. The molecule has 2 rings (SSSR count). The van der Waals surface area contributed by atoms with Gasteiger partial charge < -0.3 is 9.42 Å². The maximum atomic E-state index is 5.01. The van der Waals surface area contributed by atoms with Gasteiger partial charge in [0.05, 0.1) is 6.20 Å². The number of nitrogens with zero attached hydrogens (tertiary/aromatic N) is 2. The molecule has 2 heterocycles. The van der Waals surface area contributed by atoms with E-state index >= 15 is 0 Å². The van der Waals surface area contributed by atoms with Gasteiger partial charge in [-0.25, -0.2) is 0 Å². The van der Waals surface area contributed by atoms with Crippen LogP contribution in [0.5, 0.6) is 0 Å². The van der Waals surface area contributed by atoms with E-state index in [0.717, 1.165) is 18.8 Å². The molecule has 3 heteroatoms. The molecule has 3 nitrogen and oxygen atoms in total. The van der Waals surface area contributed by atoms with Gasteiger partial charge >= 0.3 is 0 Å². The molecule has 0 radical (unpaired) electrons. The summed E-state index contributed by atoms with van der Waals surface area (Å²) in [6.45, 7) is 2.21. The van der Waals surface area contributed by atoms with Crippen molar-refractivity contribution in [3.63, 3.8) is 0 Å². The Morgan fingerprint density at radius 1 is 1.70 bits per heavy atom. The molecule has 1 saturated heterocycles. The van der Waals surface area contributed by atoms with Gasteiger partial charge in [0.2, 0.25) is 0 Å². The minimum absolute atomic E-state index is 0.590. The highest BCUT2D eigenvalue weighted by molar-refractivity contribution is 5.07. The summed E-state index contributed by atoms with van der Waals surface area (Å²) in [5, 5.41) is 3.66. The third-order valence-corrected chi connectivity index (χ3v) is 1.92. The highest BCUT2D eigenvalue weighted by Gasteiger charge is 2.27. The molecule has 10 heavy (non-hydrogen) atoms. The summed E-state index contributed by atoms with van der Waals surface area (Å²) in [5.41, 5.74) is 0. The summed E-state index contributed by atoms with van der Waals surface area (Å²) < 4.78 is 5.01. The van der Waals surface area contributed by atoms with Crippen LogP contribution in [0.15, 0.2) is 16.8 Å². The lowest BCUT2D eigenvalue weighted by Gasteiger charge is -2.34. The molecule has 1 aromatic rings. The Morgan fingerprint density at radius 3 is 3.00 bits per heavy atom. The van der Waals surface area contributed by atoms with Gasteiger partial charge in [-0.3, -0.25) is 0 Å². The molecule has 1 aromatic heterocycles. The fourth-order valence-corrected chi connectivity index (χ4v) is 1.32. The SMILES string of the molecule is CN1CC(c2ccno2)C1. The summed E-state index contributed by atoms with van der Waals surface area (Å²) in [6, 6.07) is 1.94. The predicted molar refractivity (Wildman–Crippen MR) is 36.7 cm³/mol. The third-order valence-electron chi connectivity index (χ3n) is 1.92. The first-order chi connectivity index (χ1) is 4.86. The Bertz CT molecular complexity index is 201. The van der Waals surface area contributed by atoms with Gasteiger partial charge in [-0.15, -0.1) is 0 Å². The Labute approximate surface area is 59.6 Å². The van der Waals surface area contributed by atoms with Gasteiger partial charge in [0, 0.05) is 25.1 Å². The monoisotopic (exact) mass is 138 g/mol. The number of hydrogen-bond acceptors (Lipinski definition) is 3. The Kier molecular flexibility index (Phi) is 1.24. The van der Waals surface area contributed by atoms with E-state index in [0.29, 0.717) is 5.92 Å².